The maximum absolute atomic E-state index is 6.54. The molecule has 1 heteroatoms. The van der Waals surface area contributed by atoms with Crippen LogP contribution in [0.5, 0.6) is 0 Å². The van der Waals surface area contributed by atoms with Crippen molar-refractivity contribution in [3.05, 3.63) is 46.8 Å². The van der Waals surface area contributed by atoms with Gasteiger partial charge in [0.1, 0.15) is 12.6 Å². The number of nitrogens with zero attached hydrogens (tertiary/aromatic N) is 1. The van der Waals surface area contributed by atoms with Crippen LogP contribution in [-0.2, 0) is 5.41 Å². The zero-order chi connectivity index (χ0) is 10.6. The Morgan fingerprint density at radius 1 is 1.14 bits per heavy atom. The van der Waals surface area contributed by atoms with Crippen LogP contribution >= 0.6 is 0 Å². The molecule has 0 atom stereocenters. The highest BCUT2D eigenvalue weighted by Crippen LogP contribution is 2.21. The van der Waals surface area contributed by atoms with Gasteiger partial charge in [-0.1, -0.05) is 38.8 Å². The number of benzene rings is 1. The van der Waals surface area contributed by atoms with E-state index >= 15 is 0 Å². The SMILES string of the molecule is [C-]#[N+]C#Cc1ccc(C(C)(C)C)cc1. The van der Waals surface area contributed by atoms with Crippen molar-refractivity contribution in [1.29, 1.82) is 0 Å². The standard InChI is InChI=1S/C13H13N/c1-13(2,3)12-7-5-11(6-8-12)9-10-14-4/h5-8H,1-3H3. The molecule has 0 aliphatic rings. The summed E-state index contributed by atoms with van der Waals surface area (Å²) < 4.78 is 0. The summed E-state index contributed by atoms with van der Waals surface area (Å²) in [6.07, 6.45) is 0. The average Bonchev–Trinajstić information content (AvgIpc) is 2.14. The first-order valence-corrected chi connectivity index (χ1v) is 4.52. The third kappa shape index (κ3) is 2.64. The summed E-state index contributed by atoms with van der Waals surface area (Å²) in [5.41, 5.74) is 2.35. The average molecular weight is 183 g/mol. The predicted molar refractivity (Wildman–Crippen MR) is 58.6 cm³/mol. The Bertz CT molecular complexity index is 402. The Morgan fingerprint density at radius 2 is 1.71 bits per heavy atom. The van der Waals surface area contributed by atoms with Crippen molar-refractivity contribution in [3.8, 4) is 12.0 Å². The van der Waals surface area contributed by atoms with Crippen LogP contribution in [0.2, 0.25) is 0 Å². The molecule has 0 spiro atoms. The van der Waals surface area contributed by atoms with Gasteiger partial charge in [-0.25, -0.2) is 0 Å². The smallest absolute Gasteiger partial charge is 0.137 e. The highest BCUT2D eigenvalue weighted by molar-refractivity contribution is 5.38. The van der Waals surface area contributed by atoms with E-state index < -0.39 is 0 Å². The first-order valence-electron chi connectivity index (χ1n) is 4.52. The predicted octanol–water partition coefficient (Wildman–Crippen LogP) is 3.21. The van der Waals surface area contributed by atoms with Crippen molar-refractivity contribution in [2.24, 2.45) is 0 Å². The quantitative estimate of drug-likeness (QED) is 0.429. The molecule has 0 amide bonds. The maximum Gasteiger partial charge on any atom is 0.137 e. The van der Waals surface area contributed by atoms with E-state index in [0.717, 1.165) is 5.56 Å². The summed E-state index contributed by atoms with van der Waals surface area (Å²) in [7, 11) is 0. The lowest BCUT2D eigenvalue weighted by Gasteiger charge is -2.18. The third-order valence-corrected chi connectivity index (χ3v) is 2.01. The van der Waals surface area contributed by atoms with Crippen molar-refractivity contribution in [1.82, 2.24) is 0 Å². The van der Waals surface area contributed by atoms with Crippen LogP contribution in [0.4, 0.5) is 0 Å². The maximum atomic E-state index is 6.54. The van der Waals surface area contributed by atoms with Crippen molar-refractivity contribution >= 4 is 0 Å². The van der Waals surface area contributed by atoms with Crippen molar-refractivity contribution in [2.45, 2.75) is 26.2 Å². The first-order chi connectivity index (χ1) is 6.54. The van der Waals surface area contributed by atoms with Gasteiger partial charge >= 0.3 is 0 Å². The van der Waals surface area contributed by atoms with Gasteiger partial charge in [0, 0.05) is 5.56 Å². The van der Waals surface area contributed by atoms with Crippen molar-refractivity contribution < 1.29 is 0 Å². The Morgan fingerprint density at radius 3 is 2.14 bits per heavy atom. The zero-order valence-corrected chi connectivity index (χ0v) is 8.76. The monoisotopic (exact) mass is 183 g/mol. The molecule has 0 heterocycles. The molecule has 0 saturated carbocycles. The molecule has 1 rings (SSSR count). The molecular formula is C13H13N. The lowest BCUT2D eigenvalue weighted by Crippen LogP contribution is -2.10. The summed E-state index contributed by atoms with van der Waals surface area (Å²) >= 11 is 0. The molecular weight excluding hydrogens is 170 g/mol. The molecule has 1 aromatic carbocycles. The minimum Gasteiger partial charge on any atom is -0.194 e. The van der Waals surface area contributed by atoms with Gasteiger partial charge in [0.25, 0.3) is 0 Å². The van der Waals surface area contributed by atoms with Gasteiger partial charge in [-0.3, -0.25) is 0 Å². The van der Waals surface area contributed by atoms with E-state index in [1.807, 2.05) is 12.1 Å². The van der Waals surface area contributed by atoms with Crippen LogP contribution in [0.3, 0.4) is 0 Å². The minimum absolute atomic E-state index is 0.172. The van der Waals surface area contributed by atoms with E-state index in [1.54, 1.807) is 0 Å². The van der Waals surface area contributed by atoms with E-state index in [9.17, 15) is 0 Å². The second kappa shape index (κ2) is 3.99. The molecule has 0 N–H and O–H groups in total. The van der Waals surface area contributed by atoms with Gasteiger partial charge in [-0.2, -0.15) is 4.85 Å². The van der Waals surface area contributed by atoms with Crippen molar-refractivity contribution in [3.63, 3.8) is 0 Å². The molecule has 0 fully saturated rings. The highest BCUT2D eigenvalue weighted by atomic mass is 14.6. The lowest BCUT2D eigenvalue weighted by atomic mass is 9.87. The summed E-state index contributed by atoms with van der Waals surface area (Å²) in [5.74, 6) is 2.77. The first kappa shape index (κ1) is 10.4. The Kier molecular flexibility index (Phi) is 2.95. The molecule has 14 heavy (non-hydrogen) atoms. The van der Waals surface area contributed by atoms with Crippen LogP contribution in [0, 0.1) is 18.5 Å². The molecule has 1 aromatic rings. The van der Waals surface area contributed by atoms with Crippen molar-refractivity contribution in [2.75, 3.05) is 0 Å². The van der Waals surface area contributed by atoms with Gasteiger partial charge in [0.2, 0.25) is 0 Å². The molecule has 0 aliphatic heterocycles. The van der Waals surface area contributed by atoms with Crippen LogP contribution in [0.25, 0.3) is 4.85 Å². The van der Waals surface area contributed by atoms with E-state index in [0.29, 0.717) is 0 Å². The molecule has 0 saturated heterocycles. The molecule has 0 bridgehead atoms. The topological polar surface area (TPSA) is 4.36 Å². The Hall–Kier alpha value is -1.73. The molecule has 0 aromatic heterocycles. The fraction of sp³-hybridized carbons (Fsp3) is 0.308. The van der Waals surface area contributed by atoms with Crippen LogP contribution in [-0.4, -0.2) is 0 Å². The zero-order valence-electron chi connectivity index (χ0n) is 8.76. The number of hydrogen-bond donors (Lipinski definition) is 0. The molecule has 70 valence electrons. The van der Waals surface area contributed by atoms with Gasteiger partial charge in [0.05, 0.1) is 0 Å². The second-order valence-electron chi connectivity index (χ2n) is 4.18. The van der Waals surface area contributed by atoms with Crippen LogP contribution < -0.4 is 0 Å². The lowest BCUT2D eigenvalue weighted by molar-refractivity contribution is 0.590. The van der Waals surface area contributed by atoms with Gasteiger partial charge in [0.15, 0.2) is 0 Å². The summed E-state index contributed by atoms with van der Waals surface area (Å²) in [6, 6.07) is 10.4. The third-order valence-electron chi connectivity index (χ3n) is 2.01. The van der Waals surface area contributed by atoms with Gasteiger partial charge in [-0.15, -0.1) is 0 Å². The van der Waals surface area contributed by atoms with E-state index in [-0.39, 0.29) is 5.41 Å². The molecule has 0 unspecified atom stereocenters. The van der Waals surface area contributed by atoms with Crippen LogP contribution in [0.1, 0.15) is 31.9 Å². The Labute approximate surface area is 85.6 Å². The normalized spacial score (nSPS) is 9.86. The van der Waals surface area contributed by atoms with E-state index in [4.69, 9.17) is 6.57 Å². The van der Waals surface area contributed by atoms with E-state index in [1.165, 1.54) is 5.56 Å². The Balaban J connectivity index is 2.96. The minimum atomic E-state index is 0.172. The fourth-order valence-electron chi connectivity index (χ4n) is 1.15. The summed E-state index contributed by atoms with van der Waals surface area (Å²) in [5, 5.41) is 0. The van der Waals surface area contributed by atoms with Crippen LogP contribution in [0.15, 0.2) is 24.3 Å². The molecule has 0 radical (unpaired) electrons. The molecule has 1 nitrogen and oxygen atoms in total. The number of hydrogen-bond acceptors (Lipinski definition) is 0. The second-order valence-corrected chi connectivity index (χ2v) is 4.18. The largest absolute Gasteiger partial charge is 0.194 e. The van der Waals surface area contributed by atoms with Gasteiger partial charge < -0.3 is 0 Å². The fourth-order valence-corrected chi connectivity index (χ4v) is 1.15. The number of rotatable bonds is 0. The highest BCUT2D eigenvalue weighted by Gasteiger charge is 2.12. The molecule has 0 aliphatic carbocycles. The van der Waals surface area contributed by atoms with E-state index in [2.05, 4.69) is 49.7 Å². The summed E-state index contributed by atoms with van der Waals surface area (Å²) in [6.45, 7) is 13.1. The van der Waals surface area contributed by atoms with Gasteiger partial charge in [-0.05, 0) is 23.1 Å². The summed E-state index contributed by atoms with van der Waals surface area (Å²) in [4.78, 5) is 2.99.